The van der Waals surface area contributed by atoms with Gasteiger partial charge >= 0.3 is 0 Å². The Balaban J connectivity index is 2.44. The molecule has 1 heterocycles. The lowest BCUT2D eigenvalue weighted by Gasteiger charge is -2.15. The largest absolute Gasteiger partial charge is 0.256 e. The van der Waals surface area contributed by atoms with Crippen molar-refractivity contribution in [1.29, 1.82) is 0 Å². The third kappa shape index (κ3) is 2.43. The Morgan fingerprint density at radius 3 is 2.69 bits per heavy atom. The van der Waals surface area contributed by atoms with Gasteiger partial charge in [0.05, 0.1) is 5.52 Å². The van der Waals surface area contributed by atoms with Crippen molar-refractivity contribution in [2.45, 2.75) is 31.0 Å². The molecule has 0 saturated carbocycles. The van der Waals surface area contributed by atoms with Crippen molar-refractivity contribution >= 4 is 26.8 Å². The SMILES string of the molecule is CC(Br)CC(C)c1cccc2cccnc12. The van der Waals surface area contributed by atoms with E-state index in [1.54, 1.807) is 0 Å². The first-order valence-electron chi connectivity index (χ1n) is 5.66. The summed E-state index contributed by atoms with van der Waals surface area (Å²) in [5, 5.41) is 1.23. The summed E-state index contributed by atoms with van der Waals surface area (Å²) in [6, 6.07) is 10.5. The van der Waals surface area contributed by atoms with Crippen molar-refractivity contribution in [1.82, 2.24) is 4.98 Å². The van der Waals surface area contributed by atoms with Crippen LogP contribution in [0.1, 0.15) is 31.7 Å². The summed E-state index contributed by atoms with van der Waals surface area (Å²) in [6.45, 7) is 4.45. The number of pyridine rings is 1. The maximum absolute atomic E-state index is 4.49. The van der Waals surface area contributed by atoms with Crippen molar-refractivity contribution in [3.8, 4) is 0 Å². The van der Waals surface area contributed by atoms with Gasteiger partial charge in [0.25, 0.3) is 0 Å². The van der Waals surface area contributed by atoms with Crippen molar-refractivity contribution in [2.24, 2.45) is 0 Å². The first kappa shape index (κ1) is 11.6. The third-order valence-electron chi connectivity index (χ3n) is 2.87. The number of rotatable bonds is 3. The van der Waals surface area contributed by atoms with Gasteiger partial charge < -0.3 is 0 Å². The number of alkyl halides is 1. The molecule has 0 radical (unpaired) electrons. The molecule has 0 bridgehead atoms. The van der Waals surface area contributed by atoms with E-state index in [2.05, 4.69) is 59.0 Å². The van der Waals surface area contributed by atoms with Gasteiger partial charge in [-0.2, -0.15) is 0 Å². The molecule has 0 N–H and O–H groups in total. The van der Waals surface area contributed by atoms with Crippen LogP contribution in [0.2, 0.25) is 0 Å². The Morgan fingerprint density at radius 1 is 1.19 bits per heavy atom. The maximum atomic E-state index is 4.49. The lowest BCUT2D eigenvalue weighted by atomic mass is 9.94. The average Bonchev–Trinajstić information content (AvgIpc) is 2.27. The van der Waals surface area contributed by atoms with Crippen molar-refractivity contribution in [3.63, 3.8) is 0 Å². The number of para-hydroxylation sites is 1. The molecule has 2 heteroatoms. The first-order valence-corrected chi connectivity index (χ1v) is 6.57. The highest BCUT2D eigenvalue weighted by Gasteiger charge is 2.12. The Hall–Kier alpha value is -0.890. The van der Waals surface area contributed by atoms with Crippen molar-refractivity contribution in [3.05, 3.63) is 42.1 Å². The van der Waals surface area contributed by atoms with Gasteiger partial charge in [0.15, 0.2) is 0 Å². The third-order valence-corrected chi connectivity index (χ3v) is 3.25. The van der Waals surface area contributed by atoms with Crippen LogP contribution in [0.4, 0.5) is 0 Å². The summed E-state index contributed by atoms with van der Waals surface area (Å²) in [7, 11) is 0. The van der Waals surface area contributed by atoms with E-state index in [9.17, 15) is 0 Å². The second-order valence-electron chi connectivity index (χ2n) is 4.34. The number of aromatic nitrogens is 1. The van der Waals surface area contributed by atoms with Crippen LogP contribution in [0, 0.1) is 0 Å². The topological polar surface area (TPSA) is 12.9 Å². The molecule has 0 aliphatic rings. The fourth-order valence-corrected chi connectivity index (χ4v) is 2.70. The summed E-state index contributed by atoms with van der Waals surface area (Å²) in [6.07, 6.45) is 3.01. The van der Waals surface area contributed by atoms with Gasteiger partial charge in [-0.1, -0.05) is 54.0 Å². The molecule has 2 rings (SSSR count). The van der Waals surface area contributed by atoms with Crippen molar-refractivity contribution < 1.29 is 0 Å². The van der Waals surface area contributed by atoms with E-state index in [0.717, 1.165) is 11.9 Å². The summed E-state index contributed by atoms with van der Waals surface area (Å²) in [4.78, 5) is 5.04. The Bertz CT molecular complexity index is 474. The van der Waals surface area contributed by atoms with Gasteiger partial charge in [0.2, 0.25) is 0 Å². The Kier molecular flexibility index (Phi) is 3.59. The molecule has 2 aromatic rings. The van der Waals surface area contributed by atoms with E-state index in [1.165, 1.54) is 10.9 Å². The molecule has 2 unspecified atom stereocenters. The molecule has 16 heavy (non-hydrogen) atoms. The zero-order chi connectivity index (χ0) is 11.5. The van der Waals surface area contributed by atoms with Crippen LogP contribution in [0.3, 0.4) is 0 Å². The Morgan fingerprint density at radius 2 is 1.94 bits per heavy atom. The van der Waals surface area contributed by atoms with Crippen LogP contribution in [0.5, 0.6) is 0 Å². The van der Waals surface area contributed by atoms with Gasteiger partial charge in [-0.15, -0.1) is 0 Å². The van der Waals surface area contributed by atoms with Gasteiger partial charge in [0, 0.05) is 16.4 Å². The summed E-state index contributed by atoms with van der Waals surface area (Å²) < 4.78 is 0. The predicted molar refractivity (Wildman–Crippen MR) is 73.2 cm³/mol. The van der Waals surface area contributed by atoms with Crippen LogP contribution >= 0.6 is 15.9 Å². The number of nitrogens with zero attached hydrogens (tertiary/aromatic N) is 1. The molecular formula is C14H16BrN. The molecule has 0 spiro atoms. The van der Waals surface area contributed by atoms with Gasteiger partial charge in [-0.05, 0) is 24.0 Å². The van der Waals surface area contributed by atoms with E-state index < -0.39 is 0 Å². The average molecular weight is 278 g/mol. The normalized spacial score (nSPS) is 14.9. The smallest absolute Gasteiger partial charge is 0.0736 e. The summed E-state index contributed by atoms with van der Waals surface area (Å²) in [5.41, 5.74) is 2.50. The quantitative estimate of drug-likeness (QED) is 0.753. The Labute approximate surface area is 105 Å². The highest BCUT2D eigenvalue weighted by atomic mass is 79.9. The lowest BCUT2D eigenvalue weighted by molar-refractivity contribution is 0.685. The maximum Gasteiger partial charge on any atom is 0.0736 e. The lowest BCUT2D eigenvalue weighted by Crippen LogP contribution is -2.01. The van der Waals surface area contributed by atoms with E-state index >= 15 is 0 Å². The van der Waals surface area contributed by atoms with E-state index in [0.29, 0.717) is 10.7 Å². The number of benzene rings is 1. The van der Waals surface area contributed by atoms with Crippen LogP contribution in [-0.2, 0) is 0 Å². The minimum Gasteiger partial charge on any atom is -0.256 e. The molecule has 1 aromatic heterocycles. The van der Waals surface area contributed by atoms with Gasteiger partial charge in [0.1, 0.15) is 0 Å². The summed E-state index contributed by atoms with van der Waals surface area (Å²) in [5.74, 6) is 0.535. The molecule has 0 fully saturated rings. The summed E-state index contributed by atoms with van der Waals surface area (Å²) >= 11 is 3.62. The first-order chi connectivity index (χ1) is 7.68. The monoisotopic (exact) mass is 277 g/mol. The fraction of sp³-hybridized carbons (Fsp3) is 0.357. The molecule has 0 saturated heterocycles. The second kappa shape index (κ2) is 4.96. The molecule has 84 valence electrons. The van der Waals surface area contributed by atoms with Crippen molar-refractivity contribution in [2.75, 3.05) is 0 Å². The molecule has 0 aliphatic carbocycles. The fourth-order valence-electron chi connectivity index (χ4n) is 2.14. The molecule has 1 aromatic carbocycles. The predicted octanol–water partition coefficient (Wildman–Crippen LogP) is 4.51. The highest BCUT2D eigenvalue weighted by molar-refractivity contribution is 9.09. The number of hydrogen-bond acceptors (Lipinski definition) is 1. The molecule has 1 nitrogen and oxygen atoms in total. The molecule has 2 atom stereocenters. The van der Waals surface area contributed by atoms with Crippen LogP contribution in [-0.4, -0.2) is 9.81 Å². The minimum absolute atomic E-state index is 0.535. The zero-order valence-electron chi connectivity index (χ0n) is 9.65. The molecular weight excluding hydrogens is 262 g/mol. The second-order valence-corrected chi connectivity index (χ2v) is 5.90. The number of fused-ring (bicyclic) bond motifs is 1. The zero-order valence-corrected chi connectivity index (χ0v) is 11.2. The number of halogens is 1. The molecule has 0 amide bonds. The highest BCUT2D eigenvalue weighted by Crippen LogP contribution is 2.28. The minimum atomic E-state index is 0.535. The van der Waals surface area contributed by atoms with Crippen LogP contribution in [0.15, 0.2) is 36.5 Å². The number of hydrogen-bond donors (Lipinski definition) is 0. The van der Waals surface area contributed by atoms with E-state index in [4.69, 9.17) is 0 Å². The molecule has 0 aliphatic heterocycles. The standard InChI is InChI=1S/C14H16BrN/c1-10(9-11(2)15)13-7-3-5-12-6-4-8-16-14(12)13/h3-8,10-11H,9H2,1-2H3. The van der Waals surface area contributed by atoms with E-state index in [-0.39, 0.29) is 0 Å². The van der Waals surface area contributed by atoms with Crippen LogP contribution < -0.4 is 0 Å². The van der Waals surface area contributed by atoms with Crippen LogP contribution in [0.25, 0.3) is 10.9 Å². The van der Waals surface area contributed by atoms with Gasteiger partial charge in [-0.25, -0.2) is 0 Å². The van der Waals surface area contributed by atoms with E-state index in [1.807, 2.05) is 12.3 Å². The van der Waals surface area contributed by atoms with Gasteiger partial charge in [-0.3, -0.25) is 4.98 Å².